The van der Waals surface area contributed by atoms with Gasteiger partial charge in [0.05, 0.1) is 0 Å². The maximum atomic E-state index is 12.4. The molecule has 0 bridgehead atoms. The second-order valence-electron chi connectivity index (χ2n) is 6.37. The largest absolute Gasteiger partial charge is 0.354 e. The van der Waals surface area contributed by atoms with Gasteiger partial charge >= 0.3 is 17.8 Å². The fourth-order valence-corrected chi connectivity index (χ4v) is 3.04. The Morgan fingerprint density at radius 3 is 2.40 bits per heavy atom. The van der Waals surface area contributed by atoms with Gasteiger partial charge in [0, 0.05) is 12.6 Å². The molecule has 6 amide bonds. The van der Waals surface area contributed by atoms with E-state index in [1.807, 2.05) is 6.92 Å². The molecule has 0 aromatic rings. The van der Waals surface area contributed by atoms with E-state index in [1.165, 1.54) is 6.92 Å². The quantitative estimate of drug-likeness (QED) is 0.484. The van der Waals surface area contributed by atoms with Gasteiger partial charge in [-0.15, -0.1) is 0 Å². The van der Waals surface area contributed by atoms with Gasteiger partial charge in [-0.25, -0.2) is 9.69 Å². The zero-order valence-electron chi connectivity index (χ0n) is 14.5. The molecule has 1 heterocycles. The van der Waals surface area contributed by atoms with Gasteiger partial charge in [0.25, 0.3) is 0 Å². The van der Waals surface area contributed by atoms with Gasteiger partial charge < -0.3 is 10.6 Å². The van der Waals surface area contributed by atoms with Crippen LogP contribution < -0.4 is 10.6 Å². The van der Waals surface area contributed by atoms with Crippen molar-refractivity contribution in [2.45, 2.75) is 58.0 Å². The Labute approximate surface area is 146 Å². The van der Waals surface area contributed by atoms with Crippen LogP contribution >= 0.6 is 0 Å². The highest BCUT2D eigenvalue weighted by Gasteiger charge is 2.48. The van der Waals surface area contributed by atoms with Crippen LogP contribution in [-0.4, -0.2) is 64.6 Å². The highest BCUT2D eigenvalue weighted by atomic mass is 16.2. The smallest absolute Gasteiger partial charge is 0.334 e. The predicted octanol–water partition coefficient (Wildman–Crippen LogP) is -0.249. The van der Waals surface area contributed by atoms with E-state index in [1.54, 1.807) is 0 Å². The predicted molar refractivity (Wildman–Crippen MR) is 87.1 cm³/mol. The minimum atomic E-state index is -0.991. The number of carbonyl (C=O) groups is 5. The van der Waals surface area contributed by atoms with Crippen LogP contribution in [0.2, 0.25) is 0 Å². The maximum Gasteiger partial charge on any atom is 0.334 e. The molecule has 0 unspecified atom stereocenters. The van der Waals surface area contributed by atoms with Crippen molar-refractivity contribution in [3.8, 4) is 0 Å². The molecule has 25 heavy (non-hydrogen) atoms. The maximum absolute atomic E-state index is 12.4. The molecule has 1 aliphatic heterocycles. The first kappa shape index (κ1) is 18.9. The van der Waals surface area contributed by atoms with Crippen LogP contribution in [0, 0.1) is 0 Å². The van der Waals surface area contributed by atoms with Crippen LogP contribution in [0.3, 0.4) is 0 Å². The molecule has 1 saturated carbocycles. The summed E-state index contributed by atoms with van der Waals surface area (Å²) in [5.41, 5.74) is 0. The molecule has 2 aliphatic rings. The summed E-state index contributed by atoms with van der Waals surface area (Å²) in [4.78, 5) is 61.9. The molecule has 2 fully saturated rings. The van der Waals surface area contributed by atoms with Crippen molar-refractivity contribution in [1.82, 2.24) is 20.4 Å². The molecule has 1 aliphatic carbocycles. The third kappa shape index (κ3) is 4.15. The van der Waals surface area contributed by atoms with Gasteiger partial charge in [-0.2, -0.15) is 0 Å². The number of carbonyl (C=O) groups excluding carboxylic acids is 5. The first-order valence-corrected chi connectivity index (χ1v) is 8.62. The monoisotopic (exact) mass is 352 g/mol. The number of urea groups is 1. The number of amides is 6. The summed E-state index contributed by atoms with van der Waals surface area (Å²) in [6.45, 7) is 3.33. The number of nitrogens with zero attached hydrogens (tertiary/aromatic N) is 2. The van der Waals surface area contributed by atoms with Gasteiger partial charge in [0.15, 0.2) is 0 Å². The van der Waals surface area contributed by atoms with Crippen LogP contribution in [0.1, 0.15) is 46.0 Å². The molecule has 9 nitrogen and oxygen atoms in total. The topological polar surface area (TPSA) is 116 Å². The van der Waals surface area contributed by atoms with Crippen LogP contribution in [0.4, 0.5) is 4.79 Å². The average molecular weight is 352 g/mol. The third-order valence-electron chi connectivity index (χ3n) is 4.40. The number of nitrogens with one attached hydrogen (secondary N) is 2. The lowest BCUT2D eigenvalue weighted by Gasteiger charge is -2.21. The van der Waals surface area contributed by atoms with E-state index >= 15 is 0 Å². The van der Waals surface area contributed by atoms with E-state index in [0.717, 1.165) is 24.2 Å². The summed E-state index contributed by atoms with van der Waals surface area (Å²) < 4.78 is 0. The minimum absolute atomic E-state index is 0.268. The second kappa shape index (κ2) is 8.09. The van der Waals surface area contributed by atoms with Gasteiger partial charge in [-0.1, -0.05) is 19.8 Å². The van der Waals surface area contributed by atoms with Crippen molar-refractivity contribution in [2.24, 2.45) is 0 Å². The van der Waals surface area contributed by atoms with Gasteiger partial charge in [0.2, 0.25) is 11.8 Å². The highest BCUT2D eigenvalue weighted by molar-refractivity contribution is 6.45. The molecule has 0 aromatic carbocycles. The summed E-state index contributed by atoms with van der Waals surface area (Å²) in [5.74, 6) is -2.88. The molecule has 2 N–H and O–H groups in total. The number of imide groups is 2. The SMILES string of the molecule is CCCNC(=O)[C@@H](C)NC(=O)CN1C(=O)C(=O)N(C2CCCC2)C1=O. The summed E-state index contributed by atoms with van der Waals surface area (Å²) in [7, 11) is 0. The highest BCUT2D eigenvalue weighted by Crippen LogP contribution is 2.27. The van der Waals surface area contributed by atoms with E-state index in [9.17, 15) is 24.0 Å². The van der Waals surface area contributed by atoms with E-state index in [-0.39, 0.29) is 11.9 Å². The van der Waals surface area contributed by atoms with E-state index < -0.39 is 36.3 Å². The molecular weight excluding hydrogens is 328 g/mol. The number of hydrogen-bond acceptors (Lipinski definition) is 5. The molecule has 2 rings (SSSR count). The fourth-order valence-electron chi connectivity index (χ4n) is 3.04. The molecule has 138 valence electrons. The van der Waals surface area contributed by atoms with Crippen molar-refractivity contribution in [2.75, 3.05) is 13.1 Å². The first-order chi connectivity index (χ1) is 11.9. The van der Waals surface area contributed by atoms with E-state index in [4.69, 9.17) is 0 Å². The number of hydrogen-bond donors (Lipinski definition) is 2. The Kier molecular flexibility index (Phi) is 6.11. The van der Waals surface area contributed by atoms with Crippen molar-refractivity contribution < 1.29 is 24.0 Å². The van der Waals surface area contributed by atoms with Gasteiger partial charge in [-0.05, 0) is 26.2 Å². The summed E-state index contributed by atoms with van der Waals surface area (Å²) in [6.07, 6.45) is 3.93. The molecule has 0 radical (unpaired) electrons. The molecule has 9 heteroatoms. The second-order valence-corrected chi connectivity index (χ2v) is 6.37. The van der Waals surface area contributed by atoms with Crippen molar-refractivity contribution >= 4 is 29.7 Å². The van der Waals surface area contributed by atoms with Crippen molar-refractivity contribution in [3.63, 3.8) is 0 Å². The van der Waals surface area contributed by atoms with E-state index in [2.05, 4.69) is 10.6 Å². The lowest BCUT2D eigenvalue weighted by molar-refractivity contribution is -0.144. The Morgan fingerprint density at radius 2 is 1.80 bits per heavy atom. The molecule has 0 spiro atoms. The lowest BCUT2D eigenvalue weighted by atomic mass is 10.2. The lowest BCUT2D eigenvalue weighted by Crippen LogP contribution is -2.49. The molecule has 1 saturated heterocycles. The molecule has 1 atom stereocenters. The zero-order chi connectivity index (χ0) is 18.6. The summed E-state index contributed by atoms with van der Waals surface area (Å²) in [5, 5.41) is 5.07. The summed E-state index contributed by atoms with van der Waals surface area (Å²) >= 11 is 0. The minimum Gasteiger partial charge on any atom is -0.354 e. The van der Waals surface area contributed by atoms with Crippen molar-refractivity contribution in [3.05, 3.63) is 0 Å². The van der Waals surface area contributed by atoms with Crippen LogP contribution in [0.15, 0.2) is 0 Å². The van der Waals surface area contributed by atoms with Crippen LogP contribution in [0.25, 0.3) is 0 Å². The molecular formula is C16H24N4O5. The standard InChI is InChI=1S/C16H24N4O5/c1-3-8-17-13(22)10(2)18-12(21)9-19-14(23)15(24)20(16(19)25)11-6-4-5-7-11/h10-11H,3-9H2,1-2H3,(H,17,22)(H,18,21)/t10-/m1/s1. The van der Waals surface area contributed by atoms with Crippen molar-refractivity contribution in [1.29, 1.82) is 0 Å². The molecule has 0 aromatic heterocycles. The first-order valence-electron chi connectivity index (χ1n) is 8.62. The van der Waals surface area contributed by atoms with Gasteiger partial charge in [-0.3, -0.25) is 24.1 Å². The zero-order valence-corrected chi connectivity index (χ0v) is 14.5. The average Bonchev–Trinajstić information content (AvgIpc) is 3.16. The Hall–Kier alpha value is -2.45. The van der Waals surface area contributed by atoms with Gasteiger partial charge in [0.1, 0.15) is 12.6 Å². The summed E-state index contributed by atoms with van der Waals surface area (Å²) in [6, 6.07) is -1.82. The third-order valence-corrected chi connectivity index (χ3v) is 4.40. The van der Waals surface area contributed by atoms with Crippen LogP contribution in [0.5, 0.6) is 0 Å². The Bertz CT molecular complexity index is 585. The Balaban J connectivity index is 1.93. The normalized spacial score (nSPS) is 19.5. The number of rotatable bonds is 7. The van der Waals surface area contributed by atoms with E-state index in [0.29, 0.717) is 24.3 Å². The fraction of sp³-hybridized carbons (Fsp3) is 0.688. The van der Waals surface area contributed by atoms with Crippen LogP contribution in [-0.2, 0) is 19.2 Å². The Morgan fingerprint density at radius 1 is 1.16 bits per heavy atom.